The summed E-state index contributed by atoms with van der Waals surface area (Å²) in [6, 6.07) is 2.90. The molecule has 0 amide bonds. The average molecular weight is 292 g/mol. The van der Waals surface area contributed by atoms with Gasteiger partial charge in [0.15, 0.2) is 11.5 Å². The molecule has 8 nitrogen and oxygen atoms in total. The number of ether oxygens (including phenoxy) is 2. The fraction of sp³-hybridized carbons (Fsp3) is 0.308. The van der Waals surface area contributed by atoms with Crippen LogP contribution in [0.2, 0.25) is 0 Å². The number of nitro benzene ring substituents is 1. The Balaban J connectivity index is 2.17. The van der Waals surface area contributed by atoms with E-state index in [1.165, 1.54) is 20.3 Å². The van der Waals surface area contributed by atoms with Crippen LogP contribution in [0.25, 0.3) is 0 Å². The Labute approximate surface area is 121 Å². The molecule has 0 aliphatic rings. The van der Waals surface area contributed by atoms with Gasteiger partial charge in [-0.25, -0.2) is 4.98 Å². The van der Waals surface area contributed by atoms with Gasteiger partial charge in [0.05, 0.1) is 25.2 Å². The molecule has 112 valence electrons. The second-order valence-electron chi connectivity index (χ2n) is 4.19. The Morgan fingerprint density at radius 3 is 2.62 bits per heavy atom. The Hall–Kier alpha value is -2.77. The first-order valence-electron chi connectivity index (χ1n) is 6.28. The summed E-state index contributed by atoms with van der Waals surface area (Å²) < 4.78 is 10.2. The number of hydrogen-bond acceptors (Lipinski definition) is 6. The van der Waals surface area contributed by atoms with Gasteiger partial charge in [-0.2, -0.15) is 0 Å². The van der Waals surface area contributed by atoms with Gasteiger partial charge in [-0.1, -0.05) is 0 Å². The molecule has 0 aliphatic heterocycles. The molecule has 1 aromatic carbocycles. The molecule has 2 N–H and O–H groups in total. The van der Waals surface area contributed by atoms with Crippen LogP contribution >= 0.6 is 0 Å². The zero-order chi connectivity index (χ0) is 15.2. The first kappa shape index (κ1) is 14.6. The maximum atomic E-state index is 11.1. The normalized spacial score (nSPS) is 10.2. The van der Waals surface area contributed by atoms with Crippen LogP contribution in [0.4, 0.5) is 11.4 Å². The highest BCUT2D eigenvalue weighted by Gasteiger charge is 2.19. The van der Waals surface area contributed by atoms with Gasteiger partial charge in [0.1, 0.15) is 11.5 Å². The number of rotatable bonds is 7. The van der Waals surface area contributed by atoms with Crippen LogP contribution in [0.1, 0.15) is 5.82 Å². The standard InChI is InChI=1S/C13H16N4O4/c1-20-11-7-9(10(17(18)19)8-12(11)21-2)14-4-3-13-15-5-6-16-13/h5-8,14H,3-4H2,1-2H3,(H,15,16). The Kier molecular flexibility index (Phi) is 4.60. The predicted molar refractivity (Wildman–Crippen MR) is 77.0 cm³/mol. The number of aromatic amines is 1. The Morgan fingerprint density at radius 1 is 1.33 bits per heavy atom. The van der Waals surface area contributed by atoms with Crippen LogP contribution in [0, 0.1) is 10.1 Å². The molecule has 0 bridgehead atoms. The lowest BCUT2D eigenvalue weighted by molar-refractivity contribution is -0.384. The quantitative estimate of drug-likeness (QED) is 0.597. The van der Waals surface area contributed by atoms with Crippen LogP contribution in [-0.4, -0.2) is 35.7 Å². The molecule has 2 aromatic rings. The van der Waals surface area contributed by atoms with Gasteiger partial charge in [-0.05, 0) is 0 Å². The highest BCUT2D eigenvalue weighted by Crippen LogP contribution is 2.37. The number of nitrogens with one attached hydrogen (secondary N) is 2. The average Bonchev–Trinajstić information content (AvgIpc) is 2.99. The van der Waals surface area contributed by atoms with Crippen molar-refractivity contribution in [1.29, 1.82) is 0 Å². The highest BCUT2D eigenvalue weighted by atomic mass is 16.6. The second kappa shape index (κ2) is 6.60. The minimum absolute atomic E-state index is 0.0629. The molecular formula is C13H16N4O4. The molecule has 0 aliphatic carbocycles. The summed E-state index contributed by atoms with van der Waals surface area (Å²) in [5.41, 5.74) is 0.316. The number of nitro groups is 1. The summed E-state index contributed by atoms with van der Waals surface area (Å²) in [7, 11) is 2.92. The van der Waals surface area contributed by atoms with E-state index in [1.807, 2.05) is 0 Å². The minimum atomic E-state index is -0.461. The van der Waals surface area contributed by atoms with Crippen molar-refractivity contribution < 1.29 is 14.4 Å². The predicted octanol–water partition coefficient (Wildman–Crippen LogP) is 1.99. The summed E-state index contributed by atoms with van der Waals surface area (Å²) in [4.78, 5) is 17.7. The monoisotopic (exact) mass is 292 g/mol. The maximum Gasteiger partial charge on any atom is 0.296 e. The number of imidazole rings is 1. The van der Waals surface area contributed by atoms with Gasteiger partial charge in [-0.15, -0.1) is 0 Å². The van der Waals surface area contributed by atoms with E-state index in [0.717, 1.165) is 5.82 Å². The summed E-state index contributed by atoms with van der Waals surface area (Å²) in [5.74, 6) is 1.56. The molecule has 0 spiro atoms. The van der Waals surface area contributed by atoms with Gasteiger partial charge in [0.2, 0.25) is 0 Å². The number of nitrogens with zero attached hydrogens (tertiary/aromatic N) is 2. The summed E-state index contributed by atoms with van der Waals surface area (Å²) in [6.45, 7) is 0.504. The van der Waals surface area contributed by atoms with Crippen LogP contribution < -0.4 is 14.8 Å². The largest absolute Gasteiger partial charge is 0.493 e. The van der Waals surface area contributed by atoms with Crippen molar-refractivity contribution >= 4 is 11.4 Å². The number of anilines is 1. The Bertz CT molecular complexity index is 613. The molecule has 2 rings (SSSR count). The number of methoxy groups -OCH3 is 2. The molecule has 0 fully saturated rings. The fourth-order valence-electron chi connectivity index (χ4n) is 1.91. The van der Waals surface area contributed by atoms with Gasteiger partial charge in [-0.3, -0.25) is 10.1 Å². The van der Waals surface area contributed by atoms with Crippen LogP contribution in [0.15, 0.2) is 24.5 Å². The molecule has 1 aromatic heterocycles. The molecular weight excluding hydrogens is 276 g/mol. The van der Waals surface area contributed by atoms with E-state index in [1.54, 1.807) is 18.5 Å². The van der Waals surface area contributed by atoms with E-state index in [-0.39, 0.29) is 5.69 Å². The molecule has 0 unspecified atom stereocenters. The third-order valence-electron chi connectivity index (χ3n) is 2.93. The van der Waals surface area contributed by atoms with Crippen molar-refractivity contribution in [2.24, 2.45) is 0 Å². The van der Waals surface area contributed by atoms with E-state index in [9.17, 15) is 10.1 Å². The van der Waals surface area contributed by atoms with Crippen LogP contribution in [0.5, 0.6) is 11.5 Å². The Morgan fingerprint density at radius 2 is 2.05 bits per heavy atom. The van der Waals surface area contributed by atoms with Gasteiger partial charge < -0.3 is 19.8 Å². The second-order valence-corrected chi connectivity index (χ2v) is 4.19. The molecule has 0 saturated carbocycles. The minimum Gasteiger partial charge on any atom is -0.493 e. The number of H-pyrrole nitrogens is 1. The van der Waals surface area contributed by atoms with Crippen LogP contribution in [0.3, 0.4) is 0 Å². The van der Waals surface area contributed by atoms with Crippen molar-refractivity contribution in [2.75, 3.05) is 26.1 Å². The van der Waals surface area contributed by atoms with Gasteiger partial charge in [0.25, 0.3) is 5.69 Å². The molecule has 0 atom stereocenters. The molecule has 0 radical (unpaired) electrons. The van der Waals surface area contributed by atoms with Crippen molar-refractivity contribution in [3.8, 4) is 11.5 Å². The first-order chi connectivity index (χ1) is 10.2. The third-order valence-corrected chi connectivity index (χ3v) is 2.93. The van der Waals surface area contributed by atoms with E-state index in [4.69, 9.17) is 9.47 Å². The zero-order valence-electron chi connectivity index (χ0n) is 11.8. The highest BCUT2D eigenvalue weighted by molar-refractivity contribution is 5.68. The molecule has 8 heteroatoms. The first-order valence-corrected chi connectivity index (χ1v) is 6.28. The van der Waals surface area contributed by atoms with E-state index in [0.29, 0.717) is 30.2 Å². The SMILES string of the molecule is COc1cc(NCCc2ncc[nH]2)c([N+](=O)[O-])cc1OC. The summed E-state index contributed by atoms with van der Waals surface area (Å²) in [5, 5.41) is 14.2. The van der Waals surface area contributed by atoms with E-state index < -0.39 is 4.92 Å². The topological polar surface area (TPSA) is 102 Å². The molecule has 21 heavy (non-hydrogen) atoms. The lowest BCUT2D eigenvalue weighted by Gasteiger charge is -2.11. The zero-order valence-corrected chi connectivity index (χ0v) is 11.8. The lowest BCUT2D eigenvalue weighted by Crippen LogP contribution is -2.08. The van der Waals surface area contributed by atoms with Crippen molar-refractivity contribution in [1.82, 2.24) is 9.97 Å². The third kappa shape index (κ3) is 3.41. The molecule has 0 saturated heterocycles. The van der Waals surface area contributed by atoms with Crippen molar-refractivity contribution in [3.05, 3.63) is 40.5 Å². The van der Waals surface area contributed by atoms with E-state index >= 15 is 0 Å². The lowest BCUT2D eigenvalue weighted by atomic mass is 10.2. The number of benzene rings is 1. The van der Waals surface area contributed by atoms with E-state index in [2.05, 4.69) is 15.3 Å². The number of aromatic nitrogens is 2. The van der Waals surface area contributed by atoms with Crippen LogP contribution in [-0.2, 0) is 6.42 Å². The number of hydrogen-bond donors (Lipinski definition) is 2. The smallest absolute Gasteiger partial charge is 0.296 e. The van der Waals surface area contributed by atoms with Crippen molar-refractivity contribution in [2.45, 2.75) is 6.42 Å². The fourth-order valence-corrected chi connectivity index (χ4v) is 1.91. The molecule has 1 heterocycles. The summed E-state index contributed by atoms with van der Waals surface area (Å²) in [6.07, 6.45) is 4.01. The summed E-state index contributed by atoms with van der Waals surface area (Å²) >= 11 is 0. The van der Waals surface area contributed by atoms with Crippen molar-refractivity contribution in [3.63, 3.8) is 0 Å². The maximum absolute atomic E-state index is 11.1. The van der Waals surface area contributed by atoms with Gasteiger partial charge in [0, 0.05) is 31.4 Å². The van der Waals surface area contributed by atoms with Gasteiger partial charge >= 0.3 is 0 Å².